The second-order valence-electron chi connectivity index (χ2n) is 15.0. The van der Waals surface area contributed by atoms with Crippen molar-refractivity contribution >= 4 is 52.6 Å². The number of thiophene rings is 1. The summed E-state index contributed by atoms with van der Waals surface area (Å²) in [6.45, 7) is 6.84. The number of carbonyl (C=O) groups excluding carboxylic acids is 4. The molecule has 2 N–H and O–H groups in total. The van der Waals surface area contributed by atoms with Crippen LogP contribution in [0.25, 0.3) is 10.1 Å². The minimum Gasteiger partial charge on any atom is -0.465 e. The molecule has 7 rings (SSSR count). The molecule has 1 unspecified atom stereocenters. The van der Waals surface area contributed by atoms with E-state index >= 15 is 0 Å². The number of carbonyl (C=O) groups is 4. The highest BCUT2D eigenvalue weighted by atomic mass is 32.1. The molecule has 0 spiro atoms. The minimum atomic E-state index is -3.72. The van der Waals surface area contributed by atoms with Crippen LogP contribution in [0.5, 0.6) is 5.75 Å². The molecule has 3 fully saturated rings. The van der Waals surface area contributed by atoms with Crippen molar-refractivity contribution in [2.24, 2.45) is 5.92 Å². The molecule has 2 aromatic heterocycles. The van der Waals surface area contributed by atoms with Crippen molar-refractivity contribution in [1.29, 1.82) is 0 Å². The van der Waals surface area contributed by atoms with E-state index in [1.54, 1.807) is 48.4 Å². The fraction of sp³-hybridized carbons (Fsp3) is 0.439. The van der Waals surface area contributed by atoms with Crippen molar-refractivity contribution < 1.29 is 33.0 Å². The highest BCUT2D eigenvalue weighted by molar-refractivity contribution is 7.56. The molecule has 3 aliphatic heterocycles. The van der Waals surface area contributed by atoms with Crippen LogP contribution in [0.15, 0.2) is 79.1 Å². The molecule has 0 saturated carbocycles. The van der Waals surface area contributed by atoms with Gasteiger partial charge in [-0.1, -0.05) is 44.2 Å². The fourth-order valence-corrected chi connectivity index (χ4v) is 11.0. The van der Waals surface area contributed by atoms with Crippen molar-refractivity contribution in [3.05, 3.63) is 95.1 Å². The van der Waals surface area contributed by atoms with Gasteiger partial charge < -0.3 is 24.4 Å². The Labute approximate surface area is 325 Å². The van der Waals surface area contributed by atoms with Crippen LogP contribution in [0.2, 0.25) is 0 Å². The topological polar surface area (TPSA) is 147 Å². The largest absolute Gasteiger partial charge is 0.465 e. The third kappa shape index (κ3) is 8.64. The van der Waals surface area contributed by atoms with Crippen LogP contribution >= 0.6 is 18.9 Å². The van der Waals surface area contributed by atoms with Crippen LogP contribution in [0.4, 0.5) is 0 Å². The van der Waals surface area contributed by atoms with Gasteiger partial charge in [-0.05, 0) is 97.9 Å². The molecule has 2 aromatic carbocycles. The summed E-state index contributed by atoms with van der Waals surface area (Å²) >= 11 is 1.31. The van der Waals surface area contributed by atoms with E-state index < -0.39 is 31.6 Å². The summed E-state index contributed by atoms with van der Waals surface area (Å²) in [6.07, 6.45) is 7.05. The van der Waals surface area contributed by atoms with Gasteiger partial charge in [0.2, 0.25) is 11.8 Å². The Hall–Kier alpha value is -4.58. The maximum absolute atomic E-state index is 14.5. The third-order valence-corrected chi connectivity index (χ3v) is 13.8. The summed E-state index contributed by atoms with van der Waals surface area (Å²) in [6, 6.07) is 18.0. The number of benzene rings is 2. The summed E-state index contributed by atoms with van der Waals surface area (Å²) in [7, 11) is -3.72. The van der Waals surface area contributed by atoms with Gasteiger partial charge in [-0.3, -0.25) is 28.7 Å². The second kappa shape index (κ2) is 16.6. The molecular formula is C41H48N5O7PS. The third-order valence-electron chi connectivity index (χ3n) is 10.8. The molecule has 5 heterocycles. The fourth-order valence-electron chi connectivity index (χ4n) is 7.88. The lowest BCUT2D eigenvalue weighted by atomic mass is 9.92. The van der Waals surface area contributed by atoms with Gasteiger partial charge in [0.1, 0.15) is 23.9 Å². The van der Waals surface area contributed by atoms with Crippen molar-refractivity contribution in [1.82, 2.24) is 25.2 Å². The van der Waals surface area contributed by atoms with E-state index in [2.05, 4.69) is 15.4 Å². The monoisotopic (exact) mass is 785 g/mol. The highest BCUT2D eigenvalue weighted by Gasteiger charge is 2.47. The van der Waals surface area contributed by atoms with Crippen LogP contribution < -0.4 is 14.9 Å². The molecule has 290 valence electrons. The van der Waals surface area contributed by atoms with E-state index in [-0.39, 0.29) is 48.4 Å². The molecule has 3 saturated heterocycles. The maximum atomic E-state index is 14.5. The van der Waals surface area contributed by atoms with Gasteiger partial charge in [-0.2, -0.15) is 0 Å². The van der Waals surface area contributed by atoms with Gasteiger partial charge >= 0.3 is 13.5 Å². The number of hydrogen-bond donors (Lipinski definition) is 2. The van der Waals surface area contributed by atoms with Crippen LogP contribution in [0.1, 0.15) is 79.6 Å². The molecule has 0 radical (unpaired) electrons. The number of ether oxygens (including phenoxy) is 1. The summed E-state index contributed by atoms with van der Waals surface area (Å²) in [5, 5.41) is 6.81. The first kappa shape index (κ1) is 38.7. The first-order chi connectivity index (χ1) is 26.5. The Balaban J connectivity index is 1.04. The zero-order valence-electron chi connectivity index (χ0n) is 31.4. The zero-order chi connectivity index (χ0) is 38.7. The van der Waals surface area contributed by atoms with E-state index in [0.717, 1.165) is 34.9 Å². The first-order valence-corrected chi connectivity index (χ1v) is 21.8. The lowest BCUT2D eigenvalue weighted by Crippen LogP contribution is -2.58. The number of para-hydroxylation sites is 1. The number of fused-ring (bicyclic) bond motifs is 2. The summed E-state index contributed by atoms with van der Waals surface area (Å²) in [5.41, 5.74) is 1.81. The van der Waals surface area contributed by atoms with Crippen LogP contribution in [-0.2, 0) is 29.8 Å². The van der Waals surface area contributed by atoms with Crippen molar-refractivity contribution in [3.8, 4) is 5.75 Å². The van der Waals surface area contributed by atoms with Gasteiger partial charge in [0.25, 0.3) is 5.91 Å². The first-order valence-electron chi connectivity index (χ1n) is 19.1. The molecule has 0 bridgehead atoms. The molecular weight excluding hydrogens is 738 g/mol. The Kier molecular flexibility index (Phi) is 11.7. The Morgan fingerprint density at radius 3 is 2.53 bits per heavy atom. The molecule has 5 atom stereocenters. The Bertz CT molecular complexity index is 2070. The van der Waals surface area contributed by atoms with Gasteiger partial charge in [0, 0.05) is 42.1 Å². The summed E-state index contributed by atoms with van der Waals surface area (Å²) in [4.78, 5) is 62.6. The van der Waals surface area contributed by atoms with Crippen molar-refractivity contribution in [3.63, 3.8) is 0 Å². The number of nitrogens with zero attached hydrogens (tertiary/aromatic N) is 3. The predicted octanol–water partition coefficient (Wildman–Crippen LogP) is 6.51. The maximum Gasteiger partial charge on any atom is 0.323 e. The number of amides is 3. The van der Waals surface area contributed by atoms with E-state index in [1.807, 2.05) is 61.3 Å². The van der Waals surface area contributed by atoms with Crippen LogP contribution in [-0.4, -0.2) is 82.3 Å². The number of nitrogens with one attached hydrogen (secondary N) is 2. The van der Waals surface area contributed by atoms with Crippen LogP contribution in [0, 0.1) is 5.92 Å². The van der Waals surface area contributed by atoms with E-state index in [0.29, 0.717) is 42.1 Å². The van der Waals surface area contributed by atoms with Gasteiger partial charge in [-0.25, -0.2) is 5.09 Å². The quantitative estimate of drug-likeness (QED) is 0.114. The average molecular weight is 786 g/mol. The molecule has 55 heavy (non-hydrogen) atoms. The smallest absolute Gasteiger partial charge is 0.323 e. The molecule has 4 aromatic rings. The van der Waals surface area contributed by atoms with Crippen LogP contribution in [0.3, 0.4) is 0 Å². The lowest BCUT2D eigenvalue weighted by molar-refractivity contribution is -0.148. The van der Waals surface area contributed by atoms with Crippen molar-refractivity contribution in [2.75, 3.05) is 19.7 Å². The van der Waals surface area contributed by atoms with E-state index in [1.165, 1.54) is 11.3 Å². The Morgan fingerprint density at radius 1 is 1.00 bits per heavy atom. The van der Waals surface area contributed by atoms with Crippen molar-refractivity contribution in [2.45, 2.75) is 89.1 Å². The molecule has 14 heteroatoms. The molecule has 0 aliphatic carbocycles. The highest BCUT2D eigenvalue weighted by Crippen LogP contribution is 2.48. The number of aromatic nitrogens is 1. The average Bonchev–Trinajstić information content (AvgIpc) is 3.74. The number of rotatable bonds is 13. The second-order valence-corrected chi connectivity index (χ2v) is 18.2. The van der Waals surface area contributed by atoms with Gasteiger partial charge in [-0.15, -0.1) is 11.3 Å². The Morgan fingerprint density at radius 2 is 1.80 bits per heavy atom. The lowest BCUT2D eigenvalue weighted by Gasteiger charge is -2.42. The number of pyridine rings is 1. The number of hydrogen-bond acceptors (Lipinski definition) is 9. The SMILES string of the molecule is CCOC(=O)[C@@H](NP(=O)(Cc1ccc2sc(C(=O)N[C@H]3CCC[C@H]4CC[C@@H](C(=O)N5CC(c6cccnc6)C5)N4C3=O)cc2c1)Oc1ccccc1)C(C)C. The number of likely N-dealkylation sites (tertiary alicyclic amines) is 1. The van der Waals surface area contributed by atoms with E-state index in [4.69, 9.17) is 9.26 Å². The normalized spacial score (nSPS) is 21.7. The summed E-state index contributed by atoms with van der Waals surface area (Å²) in [5.74, 6) is -0.629. The molecule has 3 aliphatic rings. The van der Waals surface area contributed by atoms with Gasteiger partial charge in [0.05, 0.1) is 17.6 Å². The standard InChI is InChI=1S/C41H48N5O7PS/c1-4-52-41(50)37(26(2)3)44-54(51,53-32-12-6-5-7-13-32)25-27-15-18-35-29(20-27)21-36(55-35)38(47)43-33-14-8-11-31-16-17-34(46(31)39(33)48)40(49)45-23-30(24-45)28-10-9-19-42-22-28/h5-7,9-10,12-13,15,18-22,26,30-31,33-34,37H,4,8,11,14,16-17,23-25H2,1-3H3,(H,43,47)(H,44,51)/t31-,33-,34-,37-,54?/m0/s1. The van der Waals surface area contributed by atoms with E-state index in [9.17, 15) is 23.7 Å². The molecule has 12 nitrogen and oxygen atoms in total. The summed E-state index contributed by atoms with van der Waals surface area (Å²) < 4.78 is 26.7. The predicted molar refractivity (Wildman–Crippen MR) is 211 cm³/mol. The van der Waals surface area contributed by atoms with Gasteiger partial charge in [0.15, 0.2) is 0 Å². The zero-order valence-corrected chi connectivity index (χ0v) is 33.1. The number of esters is 1. The minimum absolute atomic E-state index is 0.00839. The molecule has 3 amide bonds.